The Morgan fingerprint density at radius 2 is 1.87 bits per heavy atom. The van der Waals surface area contributed by atoms with Crippen molar-refractivity contribution in [3.63, 3.8) is 0 Å². The molecule has 0 radical (unpaired) electrons. The molecule has 0 saturated heterocycles. The molecule has 30 heavy (non-hydrogen) atoms. The van der Waals surface area contributed by atoms with Crippen LogP contribution in [0.15, 0.2) is 29.2 Å². The molecule has 0 fully saturated rings. The molecule has 3 aromatic rings. The predicted octanol–water partition coefficient (Wildman–Crippen LogP) is 1.17. The second-order valence-corrected chi connectivity index (χ2v) is 6.50. The Bertz CT molecular complexity index is 1250. The Hall–Kier alpha value is -4.40. The number of nitrogens with one attached hydrogen (secondary N) is 1. The van der Waals surface area contributed by atoms with Crippen molar-refractivity contribution in [2.75, 3.05) is 5.32 Å². The molecule has 0 spiro atoms. The number of rotatable bonds is 5. The number of nitro groups is 1. The lowest BCUT2D eigenvalue weighted by Gasteiger charge is -2.10. The van der Waals surface area contributed by atoms with E-state index in [2.05, 4.69) is 20.4 Å². The summed E-state index contributed by atoms with van der Waals surface area (Å²) < 4.78 is 2.16. The first-order valence-electron chi connectivity index (χ1n) is 8.66. The van der Waals surface area contributed by atoms with E-state index in [1.807, 2.05) is 0 Å². The van der Waals surface area contributed by atoms with Crippen molar-refractivity contribution in [3.8, 4) is 12.0 Å². The van der Waals surface area contributed by atoms with Crippen LogP contribution in [0.4, 0.5) is 11.5 Å². The summed E-state index contributed by atoms with van der Waals surface area (Å²) in [7, 11) is 0. The maximum atomic E-state index is 12.5. The van der Waals surface area contributed by atoms with Crippen molar-refractivity contribution in [1.82, 2.24) is 24.3 Å². The topological polar surface area (TPSA) is 162 Å². The largest absolute Gasteiger partial charge is 0.309 e. The maximum Gasteiger partial charge on any atom is 0.287 e. The van der Waals surface area contributed by atoms with Crippen molar-refractivity contribution in [2.24, 2.45) is 0 Å². The van der Waals surface area contributed by atoms with Crippen LogP contribution in [-0.4, -0.2) is 35.1 Å². The lowest BCUT2D eigenvalue weighted by molar-refractivity contribution is -0.385. The highest BCUT2D eigenvalue weighted by atomic mass is 16.6. The minimum absolute atomic E-state index is 0.259. The van der Waals surface area contributed by atoms with E-state index in [0.29, 0.717) is 5.69 Å². The van der Waals surface area contributed by atoms with Crippen LogP contribution in [0.25, 0.3) is 5.95 Å². The van der Waals surface area contributed by atoms with E-state index >= 15 is 0 Å². The van der Waals surface area contributed by atoms with Crippen molar-refractivity contribution in [3.05, 3.63) is 67.5 Å². The first kappa shape index (κ1) is 20.3. The van der Waals surface area contributed by atoms with Crippen molar-refractivity contribution >= 4 is 17.4 Å². The van der Waals surface area contributed by atoms with Gasteiger partial charge in [0.2, 0.25) is 5.91 Å². The Morgan fingerprint density at radius 3 is 2.47 bits per heavy atom. The third kappa shape index (κ3) is 4.20. The maximum absolute atomic E-state index is 12.5. The van der Waals surface area contributed by atoms with E-state index in [9.17, 15) is 19.7 Å². The van der Waals surface area contributed by atoms with Gasteiger partial charge in [0.05, 0.1) is 16.8 Å². The molecular formula is C18H16N8O4. The van der Waals surface area contributed by atoms with Gasteiger partial charge in [0.15, 0.2) is 0 Å². The molecule has 0 unspecified atom stereocenters. The van der Waals surface area contributed by atoms with E-state index in [4.69, 9.17) is 5.26 Å². The molecule has 0 aromatic carbocycles. The molecule has 0 aliphatic heterocycles. The summed E-state index contributed by atoms with van der Waals surface area (Å²) in [4.78, 5) is 43.7. The van der Waals surface area contributed by atoms with Gasteiger partial charge >= 0.3 is 0 Å². The number of pyridine rings is 1. The lowest BCUT2D eigenvalue weighted by atomic mass is 10.2. The van der Waals surface area contributed by atoms with Crippen molar-refractivity contribution in [2.45, 2.75) is 27.3 Å². The lowest BCUT2D eigenvalue weighted by Crippen LogP contribution is -2.29. The summed E-state index contributed by atoms with van der Waals surface area (Å²) in [6.45, 7) is 4.79. The number of carbonyl (C=O) groups is 1. The third-order valence-electron chi connectivity index (χ3n) is 3.98. The van der Waals surface area contributed by atoms with E-state index in [0.717, 1.165) is 28.2 Å². The second kappa shape index (κ2) is 7.92. The van der Waals surface area contributed by atoms with E-state index < -0.39 is 34.2 Å². The van der Waals surface area contributed by atoms with Gasteiger partial charge < -0.3 is 5.32 Å². The third-order valence-corrected chi connectivity index (χ3v) is 3.98. The molecule has 1 N–H and O–H groups in total. The van der Waals surface area contributed by atoms with E-state index in [1.54, 1.807) is 39.0 Å². The molecular weight excluding hydrogens is 392 g/mol. The minimum Gasteiger partial charge on any atom is -0.309 e. The molecule has 3 aromatic heterocycles. The molecule has 152 valence electrons. The molecule has 0 saturated carbocycles. The highest BCUT2D eigenvalue weighted by molar-refractivity contribution is 5.90. The van der Waals surface area contributed by atoms with E-state index in [-0.39, 0.29) is 11.8 Å². The van der Waals surface area contributed by atoms with Crippen LogP contribution in [0.1, 0.15) is 22.6 Å². The quantitative estimate of drug-likeness (QED) is 0.486. The van der Waals surface area contributed by atoms with Gasteiger partial charge in [0, 0.05) is 23.5 Å². The van der Waals surface area contributed by atoms with Crippen LogP contribution in [0, 0.1) is 42.2 Å². The Morgan fingerprint density at radius 1 is 1.20 bits per heavy atom. The van der Waals surface area contributed by atoms with Gasteiger partial charge in [-0.1, -0.05) is 0 Å². The molecule has 0 aliphatic carbocycles. The van der Waals surface area contributed by atoms with Crippen LogP contribution in [0.3, 0.4) is 0 Å². The smallest absolute Gasteiger partial charge is 0.287 e. The predicted molar refractivity (Wildman–Crippen MR) is 104 cm³/mol. The highest BCUT2D eigenvalue weighted by Crippen LogP contribution is 2.16. The van der Waals surface area contributed by atoms with Crippen LogP contribution in [-0.2, 0) is 11.3 Å². The fourth-order valence-corrected chi connectivity index (χ4v) is 2.80. The zero-order valence-corrected chi connectivity index (χ0v) is 16.3. The van der Waals surface area contributed by atoms with Gasteiger partial charge in [0.1, 0.15) is 24.0 Å². The molecule has 0 atom stereocenters. The fraction of sp³-hybridized carbons (Fsp3) is 0.222. The molecule has 12 nitrogen and oxygen atoms in total. The molecule has 1 amide bonds. The van der Waals surface area contributed by atoms with Gasteiger partial charge in [-0.05, 0) is 26.8 Å². The van der Waals surface area contributed by atoms with Crippen LogP contribution in [0.5, 0.6) is 0 Å². The van der Waals surface area contributed by atoms with Crippen LogP contribution >= 0.6 is 0 Å². The second-order valence-electron chi connectivity index (χ2n) is 6.50. The Labute approximate surface area is 169 Å². The van der Waals surface area contributed by atoms with Crippen LogP contribution < -0.4 is 10.9 Å². The summed E-state index contributed by atoms with van der Waals surface area (Å²) in [6.07, 6.45) is 0.915. The van der Waals surface area contributed by atoms with Gasteiger partial charge in [-0.3, -0.25) is 24.3 Å². The average molecular weight is 408 g/mol. The Balaban J connectivity index is 1.92. The van der Waals surface area contributed by atoms with Gasteiger partial charge in [-0.25, -0.2) is 9.97 Å². The number of hydrogen-bond donors (Lipinski definition) is 1. The van der Waals surface area contributed by atoms with Crippen molar-refractivity contribution in [1.29, 1.82) is 5.26 Å². The van der Waals surface area contributed by atoms with Gasteiger partial charge in [-0.2, -0.15) is 15.0 Å². The Kier molecular flexibility index (Phi) is 5.37. The molecule has 0 bridgehead atoms. The minimum atomic E-state index is -0.805. The summed E-state index contributed by atoms with van der Waals surface area (Å²) >= 11 is 0. The number of nitriles is 1. The highest BCUT2D eigenvalue weighted by Gasteiger charge is 2.18. The molecule has 3 rings (SSSR count). The summed E-state index contributed by atoms with van der Waals surface area (Å²) in [5.41, 5.74) is 0.322. The van der Waals surface area contributed by atoms with Gasteiger partial charge in [0.25, 0.3) is 17.2 Å². The molecule has 3 heterocycles. The standard InChI is InChI=1S/C18H16N8O4/c1-10-4-11(2)21-18(20-10)25-15(5-12(3)23-25)22-16(27)9-24-8-14(26(29)30)6-13(7-19)17(24)28/h4-6,8H,9H2,1-3H3,(H,22,27). The zero-order chi connectivity index (χ0) is 22.0. The normalized spacial score (nSPS) is 10.5. The first-order valence-corrected chi connectivity index (χ1v) is 8.66. The van der Waals surface area contributed by atoms with Gasteiger partial charge in [-0.15, -0.1) is 0 Å². The average Bonchev–Trinajstić information content (AvgIpc) is 3.02. The number of carbonyl (C=O) groups excluding carboxylic acids is 1. The van der Waals surface area contributed by atoms with Crippen molar-refractivity contribution < 1.29 is 9.72 Å². The number of anilines is 1. The number of nitrogens with zero attached hydrogens (tertiary/aromatic N) is 7. The first-order chi connectivity index (χ1) is 14.2. The van der Waals surface area contributed by atoms with E-state index in [1.165, 1.54) is 4.68 Å². The number of aryl methyl sites for hydroxylation is 3. The number of aromatic nitrogens is 5. The van der Waals surface area contributed by atoms with Crippen LogP contribution in [0.2, 0.25) is 0 Å². The number of hydrogen-bond acceptors (Lipinski definition) is 8. The number of amides is 1. The summed E-state index contributed by atoms with van der Waals surface area (Å²) in [5.74, 6) is -0.122. The summed E-state index contributed by atoms with van der Waals surface area (Å²) in [6, 6.07) is 5.85. The fourth-order valence-electron chi connectivity index (χ4n) is 2.80. The summed E-state index contributed by atoms with van der Waals surface area (Å²) in [5, 5.41) is 26.9. The zero-order valence-electron chi connectivity index (χ0n) is 16.3. The molecule has 12 heteroatoms. The SMILES string of the molecule is Cc1cc(C)nc(-n2nc(C)cc2NC(=O)Cn2cc([N+](=O)[O-])cc(C#N)c2=O)n1. The monoisotopic (exact) mass is 408 g/mol. The molecule has 0 aliphatic rings.